The van der Waals surface area contributed by atoms with Crippen molar-refractivity contribution in [3.63, 3.8) is 0 Å². The van der Waals surface area contributed by atoms with Gasteiger partial charge in [-0.25, -0.2) is 0 Å². The highest BCUT2D eigenvalue weighted by atomic mass is 16.4. The molecule has 0 aromatic heterocycles. The maximum absolute atomic E-state index is 12.6. The van der Waals surface area contributed by atoms with E-state index in [9.17, 15) is 9.59 Å². The fourth-order valence-electron chi connectivity index (χ4n) is 3.66. The number of oxime groups is 1. The Balaban J connectivity index is 1.42. The SMILES string of the molecule is C[C@H](NC(=O)[C@H]1CC[C@H](c2ccccc2)CN1)C(=O)NCc1ccc(/C(N)=N/O)cc1. The topological polar surface area (TPSA) is 129 Å². The number of rotatable bonds is 7. The van der Waals surface area contributed by atoms with E-state index < -0.39 is 6.04 Å². The molecule has 6 N–H and O–H groups in total. The summed E-state index contributed by atoms with van der Waals surface area (Å²) in [5.41, 5.74) is 8.27. The summed E-state index contributed by atoms with van der Waals surface area (Å²) < 4.78 is 0. The molecule has 164 valence electrons. The van der Waals surface area contributed by atoms with Gasteiger partial charge in [-0.1, -0.05) is 59.8 Å². The molecule has 1 fully saturated rings. The summed E-state index contributed by atoms with van der Waals surface area (Å²) >= 11 is 0. The molecule has 0 aliphatic carbocycles. The molecule has 1 aliphatic rings. The second kappa shape index (κ2) is 10.6. The summed E-state index contributed by atoms with van der Waals surface area (Å²) in [4.78, 5) is 24.9. The zero-order valence-corrected chi connectivity index (χ0v) is 17.5. The Morgan fingerprint density at radius 1 is 1.16 bits per heavy atom. The lowest BCUT2D eigenvalue weighted by atomic mass is 9.88. The molecule has 3 rings (SSSR count). The van der Waals surface area contributed by atoms with Gasteiger partial charge >= 0.3 is 0 Å². The average molecular weight is 424 g/mol. The van der Waals surface area contributed by atoms with E-state index in [4.69, 9.17) is 10.9 Å². The molecular weight excluding hydrogens is 394 g/mol. The van der Waals surface area contributed by atoms with E-state index in [0.29, 0.717) is 18.0 Å². The Bertz CT molecular complexity index is 907. The lowest BCUT2D eigenvalue weighted by molar-refractivity contribution is -0.130. The van der Waals surface area contributed by atoms with Gasteiger partial charge in [-0.3, -0.25) is 9.59 Å². The van der Waals surface area contributed by atoms with E-state index in [-0.39, 0.29) is 23.7 Å². The van der Waals surface area contributed by atoms with Gasteiger partial charge in [0.15, 0.2) is 5.84 Å². The van der Waals surface area contributed by atoms with Gasteiger partial charge in [0, 0.05) is 18.7 Å². The number of hydrogen-bond donors (Lipinski definition) is 5. The first kappa shape index (κ1) is 22.3. The molecule has 0 saturated carbocycles. The normalized spacial score (nSPS) is 20.0. The highest BCUT2D eigenvalue weighted by molar-refractivity contribution is 5.97. The van der Waals surface area contributed by atoms with Crippen molar-refractivity contribution < 1.29 is 14.8 Å². The van der Waals surface area contributed by atoms with E-state index in [1.807, 2.05) is 18.2 Å². The molecule has 1 aliphatic heterocycles. The van der Waals surface area contributed by atoms with Gasteiger partial charge in [0.2, 0.25) is 11.8 Å². The van der Waals surface area contributed by atoms with Crippen LogP contribution in [0.2, 0.25) is 0 Å². The number of nitrogens with two attached hydrogens (primary N) is 1. The van der Waals surface area contributed by atoms with Crippen LogP contribution in [0.1, 0.15) is 42.4 Å². The maximum atomic E-state index is 12.6. The largest absolute Gasteiger partial charge is 0.409 e. The number of amides is 2. The summed E-state index contributed by atoms with van der Waals surface area (Å²) in [7, 11) is 0. The zero-order chi connectivity index (χ0) is 22.2. The number of carbonyl (C=O) groups is 2. The Morgan fingerprint density at radius 3 is 2.48 bits per heavy atom. The van der Waals surface area contributed by atoms with E-state index >= 15 is 0 Å². The summed E-state index contributed by atoms with van der Waals surface area (Å²) in [6.45, 7) is 2.73. The average Bonchev–Trinajstić information content (AvgIpc) is 2.82. The quantitative estimate of drug-likeness (QED) is 0.199. The van der Waals surface area contributed by atoms with Gasteiger partial charge in [-0.15, -0.1) is 0 Å². The van der Waals surface area contributed by atoms with Gasteiger partial charge in [0.05, 0.1) is 6.04 Å². The van der Waals surface area contributed by atoms with Crippen LogP contribution in [-0.2, 0) is 16.1 Å². The molecule has 0 radical (unpaired) electrons. The number of nitrogens with one attached hydrogen (secondary N) is 3. The predicted octanol–water partition coefficient (Wildman–Crippen LogP) is 1.44. The molecule has 1 saturated heterocycles. The third-order valence-corrected chi connectivity index (χ3v) is 5.58. The van der Waals surface area contributed by atoms with Crippen molar-refractivity contribution in [2.45, 2.75) is 44.3 Å². The molecule has 8 heteroatoms. The highest BCUT2D eigenvalue weighted by Gasteiger charge is 2.28. The van der Waals surface area contributed by atoms with Crippen LogP contribution in [0.3, 0.4) is 0 Å². The zero-order valence-electron chi connectivity index (χ0n) is 17.5. The predicted molar refractivity (Wildman–Crippen MR) is 119 cm³/mol. The van der Waals surface area contributed by atoms with Crippen LogP contribution in [0, 0.1) is 0 Å². The Hall–Kier alpha value is -3.39. The van der Waals surface area contributed by atoms with Crippen molar-refractivity contribution in [1.82, 2.24) is 16.0 Å². The number of piperidine rings is 1. The fraction of sp³-hybridized carbons (Fsp3) is 0.348. The lowest BCUT2D eigenvalue weighted by Crippen LogP contribution is -2.53. The molecule has 8 nitrogen and oxygen atoms in total. The fourth-order valence-corrected chi connectivity index (χ4v) is 3.66. The first-order chi connectivity index (χ1) is 15.0. The third kappa shape index (κ3) is 6.05. The number of hydrogen-bond acceptors (Lipinski definition) is 5. The Kier molecular flexibility index (Phi) is 7.61. The van der Waals surface area contributed by atoms with Gasteiger partial charge in [-0.05, 0) is 36.8 Å². The van der Waals surface area contributed by atoms with Gasteiger partial charge in [-0.2, -0.15) is 0 Å². The third-order valence-electron chi connectivity index (χ3n) is 5.58. The van der Waals surface area contributed by atoms with Crippen LogP contribution >= 0.6 is 0 Å². The lowest BCUT2D eigenvalue weighted by Gasteiger charge is -2.30. The minimum Gasteiger partial charge on any atom is -0.409 e. The monoisotopic (exact) mass is 423 g/mol. The van der Waals surface area contributed by atoms with Crippen LogP contribution in [0.25, 0.3) is 0 Å². The minimum atomic E-state index is -0.641. The number of carbonyl (C=O) groups excluding carboxylic acids is 2. The van der Waals surface area contributed by atoms with Crippen molar-refractivity contribution in [2.24, 2.45) is 10.9 Å². The highest BCUT2D eigenvalue weighted by Crippen LogP contribution is 2.25. The first-order valence-electron chi connectivity index (χ1n) is 10.4. The molecular formula is C23H29N5O3. The summed E-state index contributed by atoms with van der Waals surface area (Å²) in [6, 6.07) is 16.3. The second-order valence-corrected chi connectivity index (χ2v) is 7.78. The number of benzene rings is 2. The van der Waals surface area contributed by atoms with Crippen LogP contribution in [-0.4, -0.2) is 41.5 Å². The molecule has 31 heavy (non-hydrogen) atoms. The van der Waals surface area contributed by atoms with Crippen molar-refractivity contribution in [3.05, 3.63) is 71.3 Å². The van der Waals surface area contributed by atoms with Crippen LogP contribution in [0.5, 0.6) is 0 Å². The maximum Gasteiger partial charge on any atom is 0.242 e. The van der Waals surface area contributed by atoms with Gasteiger partial charge < -0.3 is 26.9 Å². The van der Waals surface area contributed by atoms with Crippen molar-refractivity contribution in [3.8, 4) is 0 Å². The first-order valence-corrected chi connectivity index (χ1v) is 10.4. The molecule has 3 atom stereocenters. The van der Waals surface area contributed by atoms with Crippen LogP contribution in [0.4, 0.5) is 0 Å². The van der Waals surface area contributed by atoms with Gasteiger partial charge in [0.25, 0.3) is 0 Å². The van der Waals surface area contributed by atoms with Crippen molar-refractivity contribution in [1.29, 1.82) is 0 Å². The molecule has 2 amide bonds. The summed E-state index contributed by atoms with van der Waals surface area (Å²) in [5, 5.41) is 20.6. The van der Waals surface area contributed by atoms with Crippen molar-refractivity contribution in [2.75, 3.05) is 6.54 Å². The molecule has 0 unspecified atom stereocenters. The summed E-state index contributed by atoms with van der Waals surface area (Å²) in [5.74, 6) is 0.0128. The van der Waals surface area contributed by atoms with E-state index in [0.717, 1.165) is 24.9 Å². The van der Waals surface area contributed by atoms with E-state index in [1.54, 1.807) is 31.2 Å². The molecule has 2 aromatic rings. The van der Waals surface area contributed by atoms with Crippen LogP contribution < -0.4 is 21.7 Å². The number of nitrogens with zero attached hydrogens (tertiary/aromatic N) is 1. The molecule has 0 spiro atoms. The smallest absolute Gasteiger partial charge is 0.242 e. The summed E-state index contributed by atoms with van der Waals surface area (Å²) in [6.07, 6.45) is 1.66. The van der Waals surface area contributed by atoms with E-state index in [2.05, 4.69) is 33.2 Å². The standard InChI is InChI=1S/C23H29N5O3/c1-15(22(29)26-13-16-7-9-18(10-8-16)21(24)28-31)27-23(30)20-12-11-19(14-25-20)17-5-3-2-4-6-17/h2-10,15,19-20,25,31H,11-14H2,1H3,(H2,24,28)(H,26,29)(H,27,30)/t15-,19-,20+/m0/s1. The minimum absolute atomic E-state index is 0.0262. The van der Waals surface area contributed by atoms with E-state index in [1.165, 1.54) is 5.56 Å². The van der Waals surface area contributed by atoms with Gasteiger partial charge in [0.1, 0.15) is 6.04 Å². The second-order valence-electron chi connectivity index (χ2n) is 7.78. The molecule has 0 bridgehead atoms. The van der Waals surface area contributed by atoms with Crippen LogP contribution in [0.15, 0.2) is 59.8 Å². The molecule has 1 heterocycles. The molecule has 2 aromatic carbocycles. The Labute approximate surface area is 181 Å². The number of amidine groups is 1. The Morgan fingerprint density at radius 2 is 1.87 bits per heavy atom. The van der Waals surface area contributed by atoms with Crippen molar-refractivity contribution >= 4 is 17.6 Å².